The molecule has 19 heavy (non-hydrogen) atoms. The van der Waals surface area contributed by atoms with E-state index in [1.54, 1.807) is 0 Å². The van der Waals surface area contributed by atoms with E-state index in [0.717, 1.165) is 5.56 Å². The Morgan fingerprint density at radius 3 is 2.79 bits per heavy atom. The lowest BCUT2D eigenvalue weighted by atomic mass is 9.87. The fraction of sp³-hybridized carbons (Fsp3) is 0.429. The van der Waals surface area contributed by atoms with Gasteiger partial charge in [0.15, 0.2) is 5.54 Å². The summed E-state index contributed by atoms with van der Waals surface area (Å²) in [5.74, 6) is -0.407. The van der Waals surface area contributed by atoms with Gasteiger partial charge in [-0.05, 0) is 18.4 Å². The monoisotopic (exact) mass is 261 g/mol. The number of fused-ring (bicyclic) bond motifs is 1. The zero-order chi connectivity index (χ0) is 13.5. The Balaban J connectivity index is 2.05. The third-order valence-electron chi connectivity index (χ3n) is 4.20. The second-order valence-corrected chi connectivity index (χ2v) is 5.03. The van der Waals surface area contributed by atoms with E-state index in [2.05, 4.69) is 5.32 Å². The molecule has 0 aromatic heterocycles. The second-order valence-electron chi connectivity index (χ2n) is 5.03. The second kappa shape index (κ2) is 3.98. The minimum atomic E-state index is -0.976. The van der Waals surface area contributed by atoms with Crippen LogP contribution < -0.4 is 5.32 Å². The molecule has 1 saturated heterocycles. The Labute approximate surface area is 110 Å². The predicted molar refractivity (Wildman–Crippen MR) is 66.6 cm³/mol. The molecule has 2 fully saturated rings. The van der Waals surface area contributed by atoms with Crippen molar-refractivity contribution in [2.75, 3.05) is 13.7 Å². The van der Waals surface area contributed by atoms with Gasteiger partial charge in [0.05, 0.1) is 13.7 Å². The summed E-state index contributed by atoms with van der Waals surface area (Å²) in [5.41, 5.74) is -0.351. The number of carbonyl (C=O) groups excluding carboxylic acids is 2. The van der Waals surface area contributed by atoms with Crippen LogP contribution in [0.4, 0.5) is 4.79 Å². The molecule has 1 N–H and O–H groups in total. The fourth-order valence-corrected chi connectivity index (χ4v) is 3.15. The van der Waals surface area contributed by atoms with Crippen molar-refractivity contribution in [1.29, 1.82) is 0 Å². The first-order valence-electron chi connectivity index (χ1n) is 6.23. The van der Waals surface area contributed by atoms with Crippen LogP contribution in [0.3, 0.4) is 0 Å². The van der Waals surface area contributed by atoms with Crippen molar-refractivity contribution >= 4 is 12.1 Å². The van der Waals surface area contributed by atoms with E-state index in [0.29, 0.717) is 19.4 Å². The molecule has 2 atom stereocenters. The van der Waals surface area contributed by atoms with Gasteiger partial charge >= 0.3 is 12.1 Å². The number of amides is 1. The predicted octanol–water partition coefficient (Wildman–Crippen LogP) is 1.37. The third kappa shape index (κ3) is 1.54. The van der Waals surface area contributed by atoms with Gasteiger partial charge in [-0.15, -0.1) is 0 Å². The molecule has 1 aliphatic heterocycles. The topological polar surface area (TPSA) is 64.6 Å². The first-order valence-corrected chi connectivity index (χ1v) is 6.23. The van der Waals surface area contributed by atoms with Crippen LogP contribution in [-0.2, 0) is 19.7 Å². The Kier molecular flexibility index (Phi) is 2.52. The lowest BCUT2D eigenvalue weighted by Gasteiger charge is -2.21. The van der Waals surface area contributed by atoms with Crippen molar-refractivity contribution in [1.82, 2.24) is 5.32 Å². The van der Waals surface area contributed by atoms with Gasteiger partial charge in [0, 0.05) is 5.41 Å². The number of esters is 1. The zero-order valence-corrected chi connectivity index (χ0v) is 10.6. The van der Waals surface area contributed by atoms with Gasteiger partial charge in [0.1, 0.15) is 0 Å². The van der Waals surface area contributed by atoms with Gasteiger partial charge in [0.2, 0.25) is 0 Å². The highest BCUT2D eigenvalue weighted by atomic mass is 16.6. The number of carbonyl (C=O) groups is 2. The molecule has 1 heterocycles. The van der Waals surface area contributed by atoms with Gasteiger partial charge in [-0.2, -0.15) is 0 Å². The van der Waals surface area contributed by atoms with Crippen LogP contribution in [0.25, 0.3) is 0 Å². The summed E-state index contributed by atoms with van der Waals surface area (Å²) in [7, 11) is 1.34. The lowest BCUT2D eigenvalue weighted by Crippen LogP contribution is -2.48. The van der Waals surface area contributed by atoms with Crippen LogP contribution in [0.1, 0.15) is 18.4 Å². The highest BCUT2D eigenvalue weighted by Gasteiger charge is 2.75. The van der Waals surface area contributed by atoms with Crippen LogP contribution in [0.15, 0.2) is 30.3 Å². The van der Waals surface area contributed by atoms with Crippen molar-refractivity contribution in [3.05, 3.63) is 35.9 Å². The van der Waals surface area contributed by atoms with Gasteiger partial charge in [0.25, 0.3) is 0 Å². The molecule has 1 aliphatic carbocycles. The van der Waals surface area contributed by atoms with E-state index in [1.807, 2.05) is 30.3 Å². The van der Waals surface area contributed by atoms with E-state index in [4.69, 9.17) is 9.47 Å². The van der Waals surface area contributed by atoms with E-state index >= 15 is 0 Å². The largest absolute Gasteiger partial charge is 0.467 e. The van der Waals surface area contributed by atoms with Gasteiger partial charge < -0.3 is 14.8 Å². The van der Waals surface area contributed by atoms with Crippen LogP contribution >= 0.6 is 0 Å². The molecule has 100 valence electrons. The summed E-state index contributed by atoms with van der Waals surface area (Å²) in [6.45, 7) is 0.305. The molecular formula is C14H15NO4. The van der Waals surface area contributed by atoms with Crippen molar-refractivity contribution in [3.63, 3.8) is 0 Å². The highest BCUT2D eigenvalue weighted by Crippen LogP contribution is 2.61. The van der Waals surface area contributed by atoms with E-state index in [1.165, 1.54) is 7.11 Å². The van der Waals surface area contributed by atoms with Gasteiger partial charge in [-0.1, -0.05) is 30.3 Å². The van der Waals surface area contributed by atoms with Gasteiger partial charge in [-0.25, -0.2) is 9.59 Å². The van der Waals surface area contributed by atoms with Crippen molar-refractivity contribution in [2.45, 2.75) is 23.8 Å². The Morgan fingerprint density at radius 2 is 2.11 bits per heavy atom. The molecule has 0 unspecified atom stereocenters. The first kappa shape index (κ1) is 12.0. The summed E-state index contributed by atoms with van der Waals surface area (Å²) in [6.07, 6.45) is 0.622. The number of hydrogen-bond donors (Lipinski definition) is 1. The minimum Gasteiger partial charge on any atom is -0.467 e. The number of rotatable bonds is 2. The molecule has 3 rings (SSSR count). The molecule has 1 aromatic carbocycles. The summed E-state index contributed by atoms with van der Waals surface area (Å²) >= 11 is 0. The molecule has 5 heteroatoms. The molecule has 1 amide bonds. The van der Waals surface area contributed by atoms with Crippen molar-refractivity contribution in [2.24, 2.45) is 0 Å². The Bertz CT molecular complexity index is 530. The standard InChI is InChI=1S/C14H15NO4/c1-18-11(16)14-9-13(14,7-8-19-12(17)15-14)10-5-3-2-4-6-10/h2-6H,7-9H2,1H3,(H,15,17)/t13-,14-/m0/s1. The zero-order valence-electron chi connectivity index (χ0n) is 10.6. The number of benzene rings is 1. The number of nitrogens with one attached hydrogen (secondary N) is 1. The number of hydrogen-bond acceptors (Lipinski definition) is 4. The Hall–Kier alpha value is -2.04. The fourth-order valence-electron chi connectivity index (χ4n) is 3.15. The number of cyclic esters (lactones) is 1. The molecule has 0 spiro atoms. The number of ether oxygens (including phenoxy) is 2. The maximum atomic E-state index is 12.1. The maximum absolute atomic E-state index is 12.1. The molecule has 0 bridgehead atoms. The molecule has 2 aliphatic rings. The summed E-state index contributed by atoms with van der Waals surface area (Å²) in [4.78, 5) is 23.7. The van der Waals surface area contributed by atoms with E-state index < -0.39 is 23.0 Å². The first-order chi connectivity index (χ1) is 9.14. The molecule has 5 nitrogen and oxygen atoms in total. The Morgan fingerprint density at radius 1 is 1.37 bits per heavy atom. The average Bonchev–Trinajstić information content (AvgIpc) is 3.10. The normalized spacial score (nSPS) is 32.4. The molecule has 1 aromatic rings. The molecule has 0 radical (unpaired) electrons. The SMILES string of the molecule is COC(=O)[C@@]12C[C@]1(c1ccccc1)CCOC(=O)N2. The maximum Gasteiger partial charge on any atom is 0.408 e. The summed E-state index contributed by atoms with van der Waals surface area (Å²) < 4.78 is 9.89. The third-order valence-corrected chi connectivity index (χ3v) is 4.20. The van der Waals surface area contributed by atoms with Crippen LogP contribution in [0.2, 0.25) is 0 Å². The minimum absolute atomic E-state index is 0.305. The lowest BCUT2D eigenvalue weighted by molar-refractivity contribution is -0.144. The summed E-state index contributed by atoms with van der Waals surface area (Å²) in [6, 6.07) is 9.73. The summed E-state index contributed by atoms with van der Waals surface area (Å²) in [5, 5.41) is 2.68. The van der Waals surface area contributed by atoms with Gasteiger partial charge in [-0.3, -0.25) is 0 Å². The number of methoxy groups -OCH3 is 1. The quantitative estimate of drug-likeness (QED) is 0.817. The molecule has 1 saturated carbocycles. The highest BCUT2D eigenvalue weighted by molar-refractivity contribution is 5.93. The van der Waals surface area contributed by atoms with Crippen molar-refractivity contribution < 1.29 is 19.1 Å². The smallest absolute Gasteiger partial charge is 0.408 e. The number of alkyl carbamates (subject to hydrolysis) is 1. The van der Waals surface area contributed by atoms with Crippen LogP contribution in [-0.4, -0.2) is 31.3 Å². The van der Waals surface area contributed by atoms with E-state index in [-0.39, 0.29) is 0 Å². The molecular weight excluding hydrogens is 246 g/mol. The van der Waals surface area contributed by atoms with Crippen LogP contribution in [0, 0.1) is 0 Å². The van der Waals surface area contributed by atoms with Crippen LogP contribution in [0.5, 0.6) is 0 Å². The van der Waals surface area contributed by atoms with E-state index in [9.17, 15) is 9.59 Å². The average molecular weight is 261 g/mol. The van der Waals surface area contributed by atoms with Crippen molar-refractivity contribution in [3.8, 4) is 0 Å².